The van der Waals surface area contributed by atoms with Gasteiger partial charge in [0.05, 0.1) is 6.10 Å². The Balaban J connectivity index is 2.36. The molecule has 2 atom stereocenters. The first-order valence-electron chi connectivity index (χ1n) is 4.63. The molecule has 13 heavy (non-hydrogen) atoms. The Labute approximate surface area is 83.7 Å². The van der Waals surface area contributed by atoms with E-state index in [-0.39, 0.29) is 12.1 Å². The van der Waals surface area contributed by atoms with Crippen molar-refractivity contribution in [1.29, 1.82) is 0 Å². The molecule has 1 aromatic heterocycles. The van der Waals surface area contributed by atoms with E-state index in [1.54, 1.807) is 11.3 Å². The van der Waals surface area contributed by atoms with Gasteiger partial charge in [-0.15, -0.1) is 11.3 Å². The van der Waals surface area contributed by atoms with Gasteiger partial charge in [-0.1, -0.05) is 6.07 Å². The van der Waals surface area contributed by atoms with E-state index >= 15 is 0 Å². The van der Waals surface area contributed by atoms with Crippen LogP contribution in [0.5, 0.6) is 0 Å². The first-order valence-corrected chi connectivity index (χ1v) is 5.51. The summed E-state index contributed by atoms with van der Waals surface area (Å²) >= 11 is 1.75. The van der Waals surface area contributed by atoms with Gasteiger partial charge in [0.15, 0.2) is 0 Å². The second kappa shape index (κ2) is 5.37. The van der Waals surface area contributed by atoms with Gasteiger partial charge in [-0.05, 0) is 31.7 Å². The Kier molecular flexibility index (Phi) is 4.42. The van der Waals surface area contributed by atoms with Crippen molar-refractivity contribution in [2.45, 2.75) is 32.4 Å². The topological polar surface area (TPSA) is 35.2 Å². The maximum absolute atomic E-state index is 5.98. The van der Waals surface area contributed by atoms with E-state index in [4.69, 9.17) is 10.5 Å². The third kappa shape index (κ3) is 3.46. The predicted octanol–water partition coefficient (Wildman–Crippen LogP) is 2.04. The molecule has 0 spiro atoms. The van der Waals surface area contributed by atoms with Crippen LogP contribution in [0.15, 0.2) is 17.5 Å². The smallest absolute Gasteiger partial charge is 0.0701 e. The van der Waals surface area contributed by atoms with E-state index in [1.807, 2.05) is 13.8 Å². The SMILES string of the molecule is CCOC(C)C(N)Cc1cccs1. The minimum absolute atomic E-state index is 0.110. The van der Waals surface area contributed by atoms with Crippen molar-refractivity contribution in [2.24, 2.45) is 5.73 Å². The Morgan fingerprint density at radius 2 is 2.38 bits per heavy atom. The molecule has 0 aromatic carbocycles. The van der Waals surface area contributed by atoms with Crippen molar-refractivity contribution >= 4 is 11.3 Å². The third-order valence-electron chi connectivity index (χ3n) is 2.05. The van der Waals surface area contributed by atoms with Crippen molar-refractivity contribution in [3.05, 3.63) is 22.4 Å². The summed E-state index contributed by atoms with van der Waals surface area (Å²) in [7, 11) is 0. The van der Waals surface area contributed by atoms with E-state index in [2.05, 4.69) is 17.5 Å². The number of hydrogen-bond donors (Lipinski definition) is 1. The van der Waals surface area contributed by atoms with E-state index in [1.165, 1.54) is 4.88 Å². The summed E-state index contributed by atoms with van der Waals surface area (Å²) in [5.74, 6) is 0. The fourth-order valence-electron chi connectivity index (χ4n) is 1.21. The second-order valence-corrected chi connectivity index (χ2v) is 4.14. The van der Waals surface area contributed by atoms with Gasteiger partial charge in [-0.2, -0.15) is 0 Å². The lowest BCUT2D eigenvalue weighted by molar-refractivity contribution is 0.0579. The molecule has 0 amide bonds. The highest BCUT2D eigenvalue weighted by Crippen LogP contribution is 2.12. The lowest BCUT2D eigenvalue weighted by Crippen LogP contribution is -2.36. The molecule has 0 aliphatic heterocycles. The third-order valence-corrected chi connectivity index (χ3v) is 2.95. The van der Waals surface area contributed by atoms with E-state index in [0.717, 1.165) is 13.0 Å². The molecule has 1 rings (SSSR count). The van der Waals surface area contributed by atoms with E-state index in [0.29, 0.717) is 0 Å². The summed E-state index contributed by atoms with van der Waals surface area (Å²) in [6, 6.07) is 4.28. The average molecular weight is 199 g/mol. The molecule has 0 aliphatic rings. The average Bonchev–Trinajstić information content (AvgIpc) is 2.57. The number of hydrogen-bond acceptors (Lipinski definition) is 3. The monoisotopic (exact) mass is 199 g/mol. The molecule has 0 radical (unpaired) electrons. The summed E-state index contributed by atoms with van der Waals surface area (Å²) in [5.41, 5.74) is 5.98. The normalized spacial score (nSPS) is 15.6. The van der Waals surface area contributed by atoms with E-state index in [9.17, 15) is 0 Å². The second-order valence-electron chi connectivity index (χ2n) is 3.11. The molecular weight excluding hydrogens is 182 g/mol. The van der Waals surface area contributed by atoms with Crippen LogP contribution in [0.3, 0.4) is 0 Å². The summed E-state index contributed by atoms with van der Waals surface area (Å²) in [5, 5.41) is 2.08. The van der Waals surface area contributed by atoms with Gasteiger partial charge in [-0.3, -0.25) is 0 Å². The van der Waals surface area contributed by atoms with Crippen LogP contribution < -0.4 is 5.73 Å². The molecule has 2 N–H and O–H groups in total. The van der Waals surface area contributed by atoms with Crippen LogP contribution in [0.4, 0.5) is 0 Å². The Hall–Kier alpha value is -0.380. The van der Waals surface area contributed by atoms with Gasteiger partial charge < -0.3 is 10.5 Å². The standard InChI is InChI=1S/C10H17NOS/c1-3-12-8(2)10(11)7-9-5-4-6-13-9/h4-6,8,10H,3,7,11H2,1-2H3. The maximum Gasteiger partial charge on any atom is 0.0701 e. The summed E-state index contributed by atoms with van der Waals surface area (Å²) < 4.78 is 5.43. The molecule has 1 heterocycles. The molecule has 0 fully saturated rings. The van der Waals surface area contributed by atoms with Gasteiger partial charge in [-0.25, -0.2) is 0 Å². The van der Waals surface area contributed by atoms with Gasteiger partial charge in [0.2, 0.25) is 0 Å². The minimum Gasteiger partial charge on any atom is -0.377 e. The summed E-state index contributed by atoms with van der Waals surface area (Å²) in [6.45, 7) is 4.76. The predicted molar refractivity (Wildman–Crippen MR) is 57.1 cm³/mol. The number of ether oxygens (including phenoxy) is 1. The highest BCUT2D eigenvalue weighted by atomic mass is 32.1. The van der Waals surface area contributed by atoms with Crippen LogP contribution in [0.25, 0.3) is 0 Å². The largest absolute Gasteiger partial charge is 0.377 e. The van der Waals surface area contributed by atoms with Gasteiger partial charge in [0.25, 0.3) is 0 Å². The number of nitrogens with two attached hydrogens (primary N) is 1. The molecule has 0 saturated heterocycles. The van der Waals surface area contributed by atoms with Crippen LogP contribution in [-0.2, 0) is 11.2 Å². The Bertz CT molecular complexity index is 223. The Morgan fingerprint density at radius 3 is 2.92 bits per heavy atom. The van der Waals surface area contributed by atoms with Crippen LogP contribution in [-0.4, -0.2) is 18.8 Å². The van der Waals surface area contributed by atoms with Crippen molar-refractivity contribution in [3.8, 4) is 0 Å². The van der Waals surface area contributed by atoms with Gasteiger partial charge in [0.1, 0.15) is 0 Å². The highest BCUT2D eigenvalue weighted by molar-refractivity contribution is 7.09. The Morgan fingerprint density at radius 1 is 1.62 bits per heavy atom. The summed E-state index contributed by atoms with van der Waals surface area (Å²) in [4.78, 5) is 1.33. The fraction of sp³-hybridized carbons (Fsp3) is 0.600. The molecule has 2 unspecified atom stereocenters. The minimum atomic E-state index is 0.110. The first-order chi connectivity index (χ1) is 6.24. The lowest BCUT2D eigenvalue weighted by Gasteiger charge is -2.18. The van der Waals surface area contributed by atoms with Gasteiger partial charge in [0, 0.05) is 17.5 Å². The first kappa shape index (κ1) is 10.7. The van der Waals surface area contributed by atoms with Crippen LogP contribution in [0, 0.1) is 0 Å². The molecule has 74 valence electrons. The fourth-order valence-corrected chi connectivity index (χ4v) is 1.99. The van der Waals surface area contributed by atoms with Crippen LogP contribution >= 0.6 is 11.3 Å². The number of rotatable bonds is 5. The number of thiophene rings is 1. The molecule has 0 aliphatic carbocycles. The van der Waals surface area contributed by atoms with Gasteiger partial charge >= 0.3 is 0 Å². The van der Waals surface area contributed by atoms with E-state index < -0.39 is 0 Å². The molecule has 0 saturated carbocycles. The van der Waals surface area contributed by atoms with Crippen molar-refractivity contribution < 1.29 is 4.74 Å². The highest BCUT2D eigenvalue weighted by Gasteiger charge is 2.13. The molecular formula is C10H17NOS. The molecule has 0 bridgehead atoms. The zero-order valence-electron chi connectivity index (χ0n) is 8.19. The van der Waals surface area contributed by atoms with Crippen molar-refractivity contribution in [3.63, 3.8) is 0 Å². The van der Waals surface area contributed by atoms with Crippen LogP contribution in [0.1, 0.15) is 18.7 Å². The zero-order chi connectivity index (χ0) is 9.68. The zero-order valence-corrected chi connectivity index (χ0v) is 9.01. The molecule has 1 aromatic rings. The summed E-state index contributed by atoms with van der Waals surface area (Å²) in [6.07, 6.45) is 1.06. The molecule has 2 nitrogen and oxygen atoms in total. The molecule has 3 heteroatoms. The van der Waals surface area contributed by atoms with Crippen molar-refractivity contribution in [2.75, 3.05) is 6.61 Å². The lowest BCUT2D eigenvalue weighted by atomic mass is 10.1. The maximum atomic E-state index is 5.98. The quantitative estimate of drug-likeness (QED) is 0.787. The van der Waals surface area contributed by atoms with Crippen molar-refractivity contribution in [1.82, 2.24) is 0 Å². The van der Waals surface area contributed by atoms with Crippen LogP contribution in [0.2, 0.25) is 0 Å².